The minimum Gasteiger partial charge on any atom is -0.481 e. The van der Waals surface area contributed by atoms with Crippen LogP contribution in [-0.2, 0) is 14.6 Å². The number of benzene rings is 1. The number of carboxylic acids is 1. The van der Waals surface area contributed by atoms with Crippen LogP contribution in [0.25, 0.3) is 0 Å². The maximum absolute atomic E-state index is 12.4. The van der Waals surface area contributed by atoms with Crippen molar-refractivity contribution in [1.82, 2.24) is 0 Å². The average molecular weight is 270 g/mol. The van der Waals surface area contributed by atoms with Crippen LogP contribution >= 0.6 is 0 Å². The molecule has 100 valence electrons. The van der Waals surface area contributed by atoms with E-state index in [0.29, 0.717) is 5.56 Å². The predicted molar refractivity (Wildman–Crippen MR) is 69.4 cm³/mol. The van der Waals surface area contributed by atoms with E-state index in [1.165, 1.54) is 13.8 Å². The summed E-state index contributed by atoms with van der Waals surface area (Å²) in [5, 5.41) is 7.97. The first-order valence-corrected chi connectivity index (χ1v) is 7.26. The van der Waals surface area contributed by atoms with Crippen LogP contribution in [0.1, 0.15) is 25.0 Å². The quantitative estimate of drug-likeness (QED) is 0.910. The number of carboxylic acid groups (broad SMARTS) is 1. The normalized spacial score (nSPS) is 15.1. The number of aliphatic carboxylic acids is 1. The molecule has 1 aromatic rings. The van der Waals surface area contributed by atoms with Gasteiger partial charge < -0.3 is 5.11 Å². The van der Waals surface area contributed by atoms with Gasteiger partial charge in [-0.15, -0.1) is 0 Å². The molecular formula is C13H18O4S. The van der Waals surface area contributed by atoms with Gasteiger partial charge in [0.25, 0.3) is 0 Å². The van der Waals surface area contributed by atoms with Gasteiger partial charge in [-0.25, -0.2) is 8.42 Å². The van der Waals surface area contributed by atoms with Crippen LogP contribution in [0.2, 0.25) is 0 Å². The molecule has 0 aliphatic heterocycles. The molecule has 0 bridgehead atoms. The molecule has 0 saturated carbocycles. The van der Waals surface area contributed by atoms with Crippen LogP contribution in [0.4, 0.5) is 0 Å². The molecule has 0 saturated heterocycles. The van der Waals surface area contributed by atoms with E-state index in [-0.39, 0.29) is 4.90 Å². The largest absolute Gasteiger partial charge is 0.481 e. The van der Waals surface area contributed by atoms with E-state index in [2.05, 4.69) is 0 Å². The molecule has 0 aliphatic rings. The summed E-state index contributed by atoms with van der Waals surface area (Å²) in [4.78, 5) is 11.1. The predicted octanol–water partition coefficient (Wildman–Crippen LogP) is 2.19. The SMILES string of the molecule is Cc1ccc(C)c(S(=O)(=O)C(C)C(C)C(=O)O)c1. The van der Waals surface area contributed by atoms with Crippen LogP contribution in [0.3, 0.4) is 0 Å². The summed E-state index contributed by atoms with van der Waals surface area (Å²) >= 11 is 0. The van der Waals surface area contributed by atoms with Crippen molar-refractivity contribution in [1.29, 1.82) is 0 Å². The minimum absolute atomic E-state index is 0.225. The lowest BCUT2D eigenvalue weighted by Gasteiger charge is -2.18. The highest BCUT2D eigenvalue weighted by atomic mass is 32.2. The van der Waals surface area contributed by atoms with Crippen LogP contribution < -0.4 is 0 Å². The maximum atomic E-state index is 12.4. The zero-order valence-electron chi connectivity index (χ0n) is 11.0. The van der Waals surface area contributed by atoms with E-state index in [1.54, 1.807) is 19.1 Å². The third kappa shape index (κ3) is 2.72. The van der Waals surface area contributed by atoms with E-state index >= 15 is 0 Å². The lowest BCUT2D eigenvalue weighted by atomic mass is 10.1. The fourth-order valence-electron chi connectivity index (χ4n) is 1.68. The summed E-state index contributed by atoms with van der Waals surface area (Å²) < 4.78 is 24.8. The van der Waals surface area contributed by atoms with Crippen LogP contribution in [-0.4, -0.2) is 24.7 Å². The second-order valence-electron chi connectivity index (χ2n) is 4.65. The molecule has 1 rings (SSSR count). The Morgan fingerprint density at radius 3 is 2.28 bits per heavy atom. The first-order chi connectivity index (χ1) is 8.17. The fourth-order valence-corrected chi connectivity index (χ4v) is 3.61. The van der Waals surface area contributed by atoms with Gasteiger partial charge in [-0.1, -0.05) is 19.1 Å². The van der Waals surface area contributed by atoms with E-state index in [4.69, 9.17) is 5.11 Å². The smallest absolute Gasteiger partial charge is 0.307 e. The molecule has 1 aromatic carbocycles. The van der Waals surface area contributed by atoms with Crippen molar-refractivity contribution in [2.24, 2.45) is 5.92 Å². The van der Waals surface area contributed by atoms with Gasteiger partial charge in [0.2, 0.25) is 0 Å². The molecule has 0 amide bonds. The molecule has 1 N–H and O–H groups in total. The van der Waals surface area contributed by atoms with E-state index in [0.717, 1.165) is 5.56 Å². The summed E-state index contributed by atoms with van der Waals surface area (Å²) in [6, 6.07) is 5.16. The van der Waals surface area contributed by atoms with E-state index in [1.807, 2.05) is 13.0 Å². The van der Waals surface area contributed by atoms with Gasteiger partial charge in [-0.3, -0.25) is 4.79 Å². The highest BCUT2D eigenvalue weighted by molar-refractivity contribution is 7.92. The fraction of sp³-hybridized carbons (Fsp3) is 0.462. The molecule has 2 atom stereocenters. The van der Waals surface area contributed by atoms with Gasteiger partial charge in [-0.05, 0) is 38.0 Å². The maximum Gasteiger partial charge on any atom is 0.307 e. The van der Waals surface area contributed by atoms with Gasteiger partial charge in [0.15, 0.2) is 9.84 Å². The Kier molecular flexibility index (Phi) is 4.16. The zero-order valence-corrected chi connectivity index (χ0v) is 11.8. The Labute approximate surface area is 108 Å². The topological polar surface area (TPSA) is 71.4 Å². The lowest BCUT2D eigenvalue weighted by molar-refractivity contribution is -0.141. The van der Waals surface area contributed by atoms with Crippen molar-refractivity contribution < 1.29 is 18.3 Å². The molecular weight excluding hydrogens is 252 g/mol. The van der Waals surface area contributed by atoms with Crippen molar-refractivity contribution >= 4 is 15.8 Å². The summed E-state index contributed by atoms with van der Waals surface area (Å²) in [6.07, 6.45) is 0. The van der Waals surface area contributed by atoms with Gasteiger partial charge in [0, 0.05) is 0 Å². The Hall–Kier alpha value is -1.36. The zero-order chi connectivity index (χ0) is 14.1. The summed E-state index contributed by atoms with van der Waals surface area (Å²) in [5.74, 6) is -2.04. The van der Waals surface area contributed by atoms with Crippen LogP contribution in [0, 0.1) is 19.8 Å². The minimum atomic E-state index is -3.62. The van der Waals surface area contributed by atoms with E-state index in [9.17, 15) is 13.2 Å². The van der Waals surface area contributed by atoms with Gasteiger partial charge in [0.1, 0.15) is 0 Å². The second-order valence-corrected chi connectivity index (χ2v) is 6.92. The molecule has 2 unspecified atom stereocenters. The average Bonchev–Trinajstić information content (AvgIpc) is 2.29. The Balaban J connectivity index is 3.29. The first kappa shape index (κ1) is 14.7. The highest BCUT2D eigenvalue weighted by Gasteiger charge is 2.33. The van der Waals surface area contributed by atoms with Crippen molar-refractivity contribution in [2.45, 2.75) is 37.8 Å². The highest BCUT2D eigenvalue weighted by Crippen LogP contribution is 2.25. The van der Waals surface area contributed by atoms with Crippen LogP contribution in [0.5, 0.6) is 0 Å². The third-order valence-corrected chi connectivity index (χ3v) is 5.67. The monoisotopic (exact) mass is 270 g/mol. The van der Waals surface area contributed by atoms with Gasteiger partial charge >= 0.3 is 5.97 Å². The lowest BCUT2D eigenvalue weighted by Crippen LogP contribution is -2.31. The van der Waals surface area contributed by atoms with E-state index < -0.39 is 27.0 Å². The Morgan fingerprint density at radius 2 is 1.78 bits per heavy atom. The van der Waals surface area contributed by atoms with Crippen molar-refractivity contribution in [3.63, 3.8) is 0 Å². The number of sulfone groups is 1. The van der Waals surface area contributed by atoms with Crippen molar-refractivity contribution in [3.8, 4) is 0 Å². The van der Waals surface area contributed by atoms with Gasteiger partial charge in [-0.2, -0.15) is 0 Å². The molecule has 0 radical (unpaired) electrons. The molecule has 0 aliphatic carbocycles. The number of hydrogen-bond acceptors (Lipinski definition) is 3. The molecule has 5 heteroatoms. The Morgan fingerprint density at radius 1 is 1.22 bits per heavy atom. The molecule has 0 aromatic heterocycles. The van der Waals surface area contributed by atoms with Gasteiger partial charge in [0.05, 0.1) is 16.1 Å². The molecule has 4 nitrogen and oxygen atoms in total. The molecule has 0 fully saturated rings. The summed E-state index contributed by atoms with van der Waals surface area (Å²) in [6.45, 7) is 6.37. The molecule has 0 heterocycles. The molecule has 0 spiro atoms. The summed E-state index contributed by atoms with van der Waals surface area (Å²) in [7, 11) is -3.62. The number of carbonyl (C=O) groups is 1. The van der Waals surface area contributed by atoms with Crippen LogP contribution in [0.15, 0.2) is 23.1 Å². The Bertz CT molecular complexity index is 560. The number of rotatable bonds is 4. The number of aryl methyl sites for hydroxylation is 2. The summed E-state index contributed by atoms with van der Waals surface area (Å²) in [5.41, 5.74) is 1.49. The first-order valence-electron chi connectivity index (χ1n) is 5.72. The van der Waals surface area contributed by atoms with Crippen molar-refractivity contribution in [3.05, 3.63) is 29.3 Å². The second kappa shape index (κ2) is 5.10. The third-order valence-electron chi connectivity index (χ3n) is 3.23. The standard InChI is InChI=1S/C13H18O4S/c1-8-5-6-9(2)12(7-8)18(16,17)11(4)10(3)13(14)15/h5-7,10-11H,1-4H3,(H,14,15). The molecule has 18 heavy (non-hydrogen) atoms. The number of hydrogen-bond donors (Lipinski definition) is 1. The van der Waals surface area contributed by atoms with Crippen molar-refractivity contribution in [2.75, 3.05) is 0 Å².